The predicted molar refractivity (Wildman–Crippen MR) is 71.9 cm³/mol. The third-order valence-electron chi connectivity index (χ3n) is 4.60. The highest BCUT2D eigenvalue weighted by Gasteiger charge is 2.43. The lowest BCUT2D eigenvalue weighted by Crippen LogP contribution is -2.47. The zero-order chi connectivity index (χ0) is 13.9. The van der Waals surface area contributed by atoms with Crippen LogP contribution < -0.4 is 5.32 Å². The van der Waals surface area contributed by atoms with Crippen molar-refractivity contribution >= 4 is 12.0 Å². The number of carbonyl (C=O) groups excluding carboxylic acids is 1. The van der Waals surface area contributed by atoms with Crippen molar-refractivity contribution in [1.82, 2.24) is 10.2 Å². The van der Waals surface area contributed by atoms with Gasteiger partial charge in [0.15, 0.2) is 0 Å². The minimum Gasteiger partial charge on any atom is -0.481 e. The summed E-state index contributed by atoms with van der Waals surface area (Å²) in [4.78, 5) is 24.1. The molecule has 0 radical (unpaired) electrons. The van der Waals surface area contributed by atoms with Gasteiger partial charge in [-0.05, 0) is 43.4 Å². The van der Waals surface area contributed by atoms with Crippen molar-refractivity contribution in [1.29, 1.82) is 0 Å². The van der Waals surface area contributed by atoms with Crippen LogP contribution in [0.15, 0.2) is 0 Å². The van der Waals surface area contributed by atoms with Crippen molar-refractivity contribution in [3.05, 3.63) is 0 Å². The van der Waals surface area contributed by atoms with Crippen LogP contribution in [0.4, 0.5) is 4.79 Å². The van der Waals surface area contributed by atoms with E-state index >= 15 is 0 Å². The summed E-state index contributed by atoms with van der Waals surface area (Å²) in [5.74, 6) is 0.0701. The number of carboxylic acid groups (broad SMARTS) is 1. The lowest BCUT2D eigenvalue weighted by atomic mass is 9.76. The summed E-state index contributed by atoms with van der Waals surface area (Å²) in [7, 11) is 0. The van der Waals surface area contributed by atoms with E-state index in [1.54, 1.807) is 0 Å². The molecule has 1 saturated carbocycles. The van der Waals surface area contributed by atoms with E-state index in [9.17, 15) is 9.59 Å². The van der Waals surface area contributed by atoms with Gasteiger partial charge in [0.25, 0.3) is 0 Å². The molecule has 2 rings (SSSR count). The van der Waals surface area contributed by atoms with Gasteiger partial charge in [0.1, 0.15) is 0 Å². The molecule has 5 nitrogen and oxygen atoms in total. The maximum Gasteiger partial charge on any atom is 0.317 e. The molecule has 108 valence electrons. The minimum atomic E-state index is -0.813. The maximum atomic E-state index is 11.9. The number of urea groups is 1. The zero-order valence-corrected chi connectivity index (χ0v) is 11.7. The minimum absolute atomic E-state index is 0.0387. The maximum absolute atomic E-state index is 11.9. The molecule has 2 amide bonds. The van der Waals surface area contributed by atoms with Gasteiger partial charge < -0.3 is 15.3 Å². The van der Waals surface area contributed by atoms with E-state index in [1.165, 1.54) is 12.8 Å². The van der Waals surface area contributed by atoms with Crippen LogP contribution in [0.2, 0.25) is 0 Å². The average Bonchev–Trinajstić information content (AvgIpc) is 3.19. The summed E-state index contributed by atoms with van der Waals surface area (Å²) in [5.41, 5.74) is 0.445. The largest absolute Gasteiger partial charge is 0.481 e. The molecule has 0 aromatic heterocycles. The molecule has 1 aliphatic carbocycles. The van der Waals surface area contributed by atoms with E-state index in [0.29, 0.717) is 18.4 Å². The smallest absolute Gasteiger partial charge is 0.317 e. The quantitative estimate of drug-likeness (QED) is 0.750. The number of likely N-dealkylation sites (tertiary alicyclic amines) is 1. The fourth-order valence-electron chi connectivity index (χ4n) is 2.96. The van der Waals surface area contributed by atoms with E-state index in [-0.39, 0.29) is 12.5 Å². The van der Waals surface area contributed by atoms with E-state index in [1.807, 2.05) is 4.90 Å². The molecule has 19 heavy (non-hydrogen) atoms. The van der Waals surface area contributed by atoms with Crippen LogP contribution in [-0.2, 0) is 4.79 Å². The van der Waals surface area contributed by atoms with Crippen LogP contribution in [0.5, 0.6) is 0 Å². The first kappa shape index (κ1) is 14.2. The topological polar surface area (TPSA) is 69.6 Å². The average molecular weight is 268 g/mol. The summed E-state index contributed by atoms with van der Waals surface area (Å²) in [6, 6.07) is -0.0387. The highest BCUT2D eigenvalue weighted by Crippen LogP contribution is 2.51. The van der Waals surface area contributed by atoms with Crippen LogP contribution in [0, 0.1) is 11.3 Å². The van der Waals surface area contributed by atoms with Crippen molar-refractivity contribution in [3.63, 3.8) is 0 Å². The second-order valence-electron chi connectivity index (χ2n) is 6.14. The Morgan fingerprint density at radius 3 is 2.47 bits per heavy atom. The molecule has 2 N–H and O–H groups in total. The molecule has 0 unspecified atom stereocenters. The fourth-order valence-corrected chi connectivity index (χ4v) is 2.96. The van der Waals surface area contributed by atoms with Gasteiger partial charge in [-0.2, -0.15) is 0 Å². The molecule has 1 aliphatic heterocycles. The van der Waals surface area contributed by atoms with Crippen LogP contribution in [0.1, 0.15) is 45.4 Å². The molecule has 1 saturated heterocycles. The third-order valence-corrected chi connectivity index (χ3v) is 4.60. The van der Waals surface area contributed by atoms with Crippen LogP contribution >= 0.6 is 0 Å². The number of aliphatic carboxylic acids is 1. The highest BCUT2D eigenvalue weighted by molar-refractivity contribution is 5.74. The van der Waals surface area contributed by atoms with Crippen LogP contribution in [-0.4, -0.2) is 41.6 Å². The van der Waals surface area contributed by atoms with Crippen molar-refractivity contribution in [2.24, 2.45) is 11.3 Å². The number of nitrogens with zero attached hydrogens (tertiary/aromatic N) is 1. The van der Waals surface area contributed by atoms with Gasteiger partial charge in [0.2, 0.25) is 0 Å². The molecule has 0 aromatic rings. The Morgan fingerprint density at radius 1 is 1.32 bits per heavy atom. The van der Waals surface area contributed by atoms with Gasteiger partial charge in [0, 0.05) is 26.1 Å². The second-order valence-corrected chi connectivity index (χ2v) is 6.14. The zero-order valence-electron chi connectivity index (χ0n) is 11.7. The summed E-state index contributed by atoms with van der Waals surface area (Å²) >= 11 is 0. The Morgan fingerprint density at radius 2 is 1.95 bits per heavy atom. The number of hydrogen-bond acceptors (Lipinski definition) is 2. The monoisotopic (exact) mass is 268 g/mol. The number of piperidine rings is 1. The first-order valence-electron chi connectivity index (χ1n) is 7.26. The van der Waals surface area contributed by atoms with Crippen LogP contribution in [0.3, 0.4) is 0 Å². The Bertz CT molecular complexity index is 345. The van der Waals surface area contributed by atoms with Crippen molar-refractivity contribution < 1.29 is 14.7 Å². The normalized spacial score (nSPS) is 22.1. The number of rotatable bonds is 5. The Balaban J connectivity index is 1.66. The molecule has 0 aromatic carbocycles. The number of nitrogens with one attached hydrogen (secondary N) is 1. The summed E-state index contributed by atoms with van der Waals surface area (Å²) in [5, 5.41) is 11.3. The Kier molecular flexibility index (Phi) is 4.32. The number of amides is 2. The molecule has 5 heteroatoms. The first-order chi connectivity index (χ1) is 9.01. The van der Waals surface area contributed by atoms with Crippen molar-refractivity contribution in [2.75, 3.05) is 19.6 Å². The molecule has 0 spiro atoms. The van der Waals surface area contributed by atoms with Gasteiger partial charge >= 0.3 is 12.0 Å². The van der Waals surface area contributed by atoms with E-state index in [0.717, 1.165) is 31.8 Å². The van der Waals surface area contributed by atoms with Gasteiger partial charge in [-0.25, -0.2) is 4.79 Å². The molecule has 0 bridgehead atoms. The SMILES string of the molecule is CC1(C2CC2)CCN(C(=O)NCCCC(=O)O)CC1. The Hall–Kier alpha value is -1.26. The van der Waals surface area contributed by atoms with Gasteiger partial charge in [-0.1, -0.05) is 6.92 Å². The Labute approximate surface area is 114 Å². The standard InChI is InChI=1S/C14H24N2O3/c1-14(11-4-5-11)6-9-16(10-7-14)13(19)15-8-2-3-12(17)18/h11H,2-10H2,1H3,(H,15,19)(H,17,18). The third kappa shape index (κ3) is 3.85. The summed E-state index contributed by atoms with van der Waals surface area (Å²) < 4.78 is 0. The van der Waals surface area contributed by atoms with Crippen molar-refractivity contribution in [2.45, 2.75) is 45.4 Å². The first-order valence-corrected chi connectivity index (χ1v) is 7.26. The van der Waals surface area contributed by atoms with Gasteiger partial charge in [-0.3, -0.25) is 4.79 Å². The molecule has 1 heterocycles. The predicted octanol–water partition coefficient (Wildman–Crippen LogP) is 2.07. The highest BCUT2D eigenvalue weighted by atomic mass is 16.4. The van der Waals surface area contributed by atoms with E-state index in [4.69, 9.17) is 5.11 Å². The lowest BCUT2D eigenvalue weighted by molar-refractivity contribution is -0.137. The number of carboxylic acids is 1. The van der Waals surface area contributed by atoms with Crippen molar-refractivity contribution in [3.8, 4) is 0 Å². The summed E-state index contributed by atoms with van der Waals surface area (Å²) in [6.45, 7) is 4.46. The molecule has 2 aliphatic rings. The number of carbonyl (C=O) groups is 2. The number of hydrogen-bond donors (Lipinski definition) is 2. The van der Waals surface area contributed by atoms with Gasteiger partial charge in [-0.15, -0.1) is 0 Å². The lowest BCUT2D eigenvalue weighted by Gasteiger charge is -2.39. The fraction of sp³-hybridized carbons (Fsp3) is 0.857. The summed E-state index contributed by atoms with van der Waals surface area (Å²) in [6.07, 6.45) is 5.52. The van der Waals surface area contributed by atoms with E-state index < -0.39 is 5.97 Å². The van der Waals surface area contributed by atoms with E-state index in [2.05, 4.69) is 12.2 Å². The second kappa shape index (κ2) is 5.80. The molecular formula is C14H24N2O3. The molecular weight excluding hydrogens is 244 g/mol. The van der Waals surface area contributed by atoms with Crippen LogP contribution in [0.25, 0.3) is 0 Å². The van der Waals surface area contributed by atoms with Gasteiger partial charge in [0.05, 0.1) is 0 Å². The molecule has 0 atom stereocenters. The molecule has 2 fully saturated rings.